The van der Waals surface area contributed by atoms with E-state index < -0.39 is 5.82 Å². The molecular weight excluding hydrogens is 397 g/mol. The van der Waals surface area contributed by atoms with Crippen molar-refractivity contribution in [3.63, 3.8) is 0 Å². The lowest BCUT2D eigenvalue weighted by molar-refractivity contribution is 0.0593. The Morgan fingerprint density at radius 1 is 1.18 bits per heavy atom. The van der Waals surface area contributed by atoms with Crippen LogP contribution in [0.25, 0.3) is 10.6 Å². The van der Waals surface area contributed by atoms with Crippen molar-refractivity contribution in [1.29, 1.82) is 0 Å². The third kappa shape index (κ3) is 4.09. The molecule has 7 heteroatoms. The molecule has 4 nitrogen and oxygen atoms in total. The number of benzene rings is 1. The third-order valence-corrected chi connectivity index (χ3v) is 7.30. The molecule has 2 fully saturated rings. The SMILES string of the molecule is Cc1nc(-c2ccc(F)c(Cl)c2)sc1C(=O)N1CCC(N2CCCCC2)CC1. The smallest absolute Gasteiger partial charge is 0.265 e. The molecule has 2 aliphatic rings. The first kappa shape index (κ1) is 19.8. The maximum Gasteiger partial charge on any atom is 0.265 e. The Kier molecular flexibility index (Phi) is 5.99. The Labute approximate surface area is 174 Å². The van der Waals surface area contributed by atoms with Crippen molar-refractivity contribution in [2.75, 3.05) is 26.2 Å². The Morgan fingerprint density at radius 3 is 2.57 bits per heavy atom. The third-order valence-electron chi connectivity index (χ3n) is 5.82. The van der Waals surface area contributed by atoms with Crippen LogP contribution in [-0.2, 0) is 0 Å². The molecule has 0 radical (unpaired) electrons. The molecule has 1 aromatic heterocycles. The summed E-state index contributed by atoms with van der Waals surface area (Å²) in [6.07, 6.45) is 6.04. The summed E-state index contributed by atoms with van der Waals surface area (Å²) in [6.45, 7) is 5.87. The quantitative estimate of drug-likeness (QED) is 0.699. The number of nitrogens with zero attached hydrogens (tertiary/aromatic N) is 3. The van der Waals surface area contributed by atoms with Gasteiger partial charge in [0.1, 0.15) is 15.7 Å². The van der Waals surface area contributed by atoms with Gasteiger partial charge in [-0.25, -0.2) is 9.37 Å². The first-order valence-electron chi connectivity index (χ1n) is 9.99. The van der Waals surface area contributed by atoms with Gasteiger partial charge in [-0.3, -0.25) is 4.79 Å². The second-order valence-electron chi connectivity index (χ2n) is 7.68. The number of carbonyl (C=O) groups is 1. The molecule has 2 aromatic rings. The van der Waals surface area contributed by atoms with Crippen molar-refractivity contribution < 1.29 is 9.18 Å². The van der Waals surface area contributed by atoms with E-state index in [0.29, 0.717) is 15.9 Å². The van der Waals surface area contributed by atoms with Crippen LogP contribution in [0.4, 0.5) is 4.39 Å². The van der Waals surface area contributed by atoms with E-state index in [-0.39, 0.29) is 10.9 Å². The molecule has 2 saturated heterocycles. The largest absolute Gasteiger partial charge is 0.338 e. The number of amides is 1. The molecule has 28 heavy (non-hydrogen) atoms. The average Bonchev–Trinajstić information content (AvgIpc) is 3.12. The van der Waals surface area contributed by atoms with Crippen LogP contribution >= 0.6 is 22.9 Å². The number of carbonyl (C=O) groups excluding carboxylic acids is 1. The molecule has 1 aromatic carbocycles. The zero-order chi connectivity index (χ0) is 19.7. The lowest BCUT2D eigenvalue weighted by atomic mass is 10.00. The average molecular weight is 422 g/mol. The maximum absolute atomic E-state index is 13.4. The summed E-state index contributed by atoms with van der Waals surface area (Å²) in [6, 6.07) is 5.16. The van der Waals surface area contributed by atoms with E-state index in [0.717, 1.165) is 37.2 Å². The number of piperidine rings is 2. The molecule has 0 spiro atoms. The number of hydrogen-bond acceptors (Lipinski definition) is 4. The topological polar surface area (TPSA) is 36.4 Å². The van der Waals surface area contributed by atoms with Crippen LogP contribution < -0.4 is 0 Å². The van der Waals surface area contributed by atoms with Gasteiger partial charge in [-0.05, 0) is 63.9 Å². The Balaban J connectivity index is 1.44. The number of rotatable bonds is 3. The van der Waals surface area contributed by atoms with E-state index in [1.807, 2.05) is 11.8 Å². The van der Waals surface area contributed by atoms with E-state index in [1.165, 1.54) is 49.8 Å². The molecule has 0 saturated carbocycles. The highest BCUT2D eigenvalue weighted by molar-refractivity contribution is 7.17. The predicted molar refractivity (Wildman–Crippen MR) is 112 cm³/mol. The molecule has 1 amide bonds. The minimum absolute atomic E-state index is 0.0616. The highest BCUT2D eigenvalue weighted by Crippen LogP contribution is 2.32. The van der Waals surface area contributed by atoms with E-state index in [2.05, 4.69) is 9.88 Å². The molecule has 0 bridgehead atoms. The van der Waals surface area contributed by atoms with Gasteiger partial charge in [0, 0.05) is 24.7 Å². The first-order chi connectivity index (χ1) is 13.5. The second-order valence-corrected chi connectivity index (χ2v) is 9.09. The zero-order valence-corrected chi connectivity index (χ0v) is 17.7. The molecular formula is C21H25ClFN3OS. The van der Waals surface area contributed by atoms with Crippen molar-refractivity contribution in [2.24, 2.45) is 0 Å². The predicted octanol–water partition coefficient (Wildman–Crippen LogP) is 5.00. The summed E-state index contributed by atoms with van der Waals surface area (Å²) in [5, 5.41) is 0.768. The van der Waals surface area contributed by atoms with Gasteiger partial charge in [-0.15, -0.1) is 11.3 Å². The highest BCUT2D eigenvalue weighted by atomic mass is 35.5. The van der Waals surface area contributed by atoms with Crippen LogP contribution in [0.2, 0.25) is 5.02 Å². The van der Waals surface area contributed by atoms with Crippen molar-refractivity contribution in [3.05, 3.63) is 39.6 Å². The summed E-state index contributed by atoms with van der Waals surface area (Å²) in [4.78, 5) is 22.8. The fourth-order valence-electron chi connectivity index (χ4n) is 4.21. The molecule has 0 atom stereocenters. The highest BCUT2D eigenvalue weighted by Gasteiger charge is 2.29. The van der Waals surface area contributed by atoms with E-state index in [1.54, 1.807) is 12.1 Å². The standard InChI is InChI=1S/C21H25ClFN3OS/c1-14-19(28-20(24-14)15-5-6-18(23)17(22)13-15)21(27)26-11-7-16(8-12-26)25-9-3-2-4-10-25/h5-6,13,16H,2-4,7-12H2,1H3. The van der Waals surface area contributed by atoms with Crippen LogP contribution in [0, 0.1) is 12.7 Å². The van der Waals surface area contributed by atoms with Crippen LogP contribution in [0.15, 0.2) is 18.2 Å². The summed E-state index contributed by atoms with van der Waals surface area (Å²) >= 11 is 7.26. The number of thiazole rings is 1. The van der Waals surface area contributed by atoms with Crippen molar-refractivity contribution in [1.82, 2.24) is 14.8 Å². The number of aryl methyl sites for hydroxylation is 1. The Morgan fingerprint density at radius 2 is 1.89 bits per heavy atom. The molecule has 0 N–H and O–H groups in total. The van der Waals surface area contributed by atoms with Gasteiger partial charge in [-0.2, -0.15) is 0 Å². The summed E-state index contributed by atoms with van der Waals surface area (Å²) in [5.74, 6) is -0.391. The summed E-state index contributed by atoms with van der Waals surface area (Å²) in [7, 11) is 0. The number of likely N-dealkylation sites (tertiary alicyclic amines) is 2. The van der Waals surface area contributed by atoms with Gasteiger partial charge < -0.3 is 9.80 Å². The molecule has 0 unspecified atom stereocenters. The van der Waals surface area contributed by atoms with Gasteiger partial charge in [0.2, 0.25) is 0 Å². The minimum Gasteiger partial charge on any atom is -0.338 e. The van der Waals surface area contributed by atoms with Crippen LogP contribution in [0.3, 0.4) is 0 Å². The monoisotopic (exact) mass is 421 g/mol. The van der Waals surface area contributed by atoms with Gasteiger partial charge in [0.25, 0.3) is 5.91 Å². The maximum atomic E-state index is 13.4. The Hall–Kier alpha value is -1.50. The van der Waals surface area contributed by atoms with Crippen LogP contribution in [0.5, 0.6) is 0 Å². The molecule has 3 heterocycles. The molecule has 2 aliphatic heterocycles. The van der Waals surface area contributed by atoms with Crippen molar-refractivity contribution in [3.8, 4) is 10.6 Å². The summed E-state index contributed by atoms with van der Waals surface area (Å²) < 4.78 is 13.4. The lowest BCUT2D eigenvalue weighted by Gasteiger charge is -2.40. The van der Waals surface area contributed by atoms with E-state index >= 15 is 0 Å². The van der Waals surface area contributed by atoms with Crippen LogP contribution in [-0.4, -0.2) is 52.9 Å². The van der Waals surface area contributed by atoms with Gasteiger partial charge in [0.05, 0.1) is 10.7 Å². The zero-order valence-electron chi connectivity index (χ0n) is 16.1. The fraction of sp³-hybridized carbons (Fsp3) is 0.524. The van der Waals surface area contributed by atoms with Gasteiger partial charge in [0.15, 0.2) is 0 Å². The van der Waals surface area contributed by atoms with Crippen molar-refractivity contribution >= 4 is 28.8 Å². The van der Waals surface area contributed by atoms with Crippen molar-refractivity contribution in [2.45, 2.75) is 45.1 Å². The van der Waals surface area contributed by atoms with Gasteiger partial charge in [-0.1, -0.05) is 18.0 Å². The number of halogens is 2. The molecule has 0 aliphatic carbocycles. The fourth-order valence-corrected chi connectivity index (χ4v) is 5.42. The Bertz CT molecular complexity index is 857. The number of aromatic nitrogens is 1. The summed E-state index contributed by atoms with van der Waals surface area (Å²) in [5.41, 5.74) is 1.46. The van der Waals surface area contributed by atoms with Crippen LogP contribution in [0.1, 0.15) is 47.5 Å². The lowest BCUT2D eigenvalue weighted by Crippen LogP contribution is -2.48. The van der Waals surface area contributed by atoms with E-state index in [9.17, 15) is 9.18 Å². The van der Waals surface area contributed by atoms with Gasteiger partial charge >= 0.3 is 0 Å². The normalized spacial score (nSPS) is 19.2. The minimum atomic E-state index is -0.452. The second kappa shape index (κ2) is 8.47. The van der Waals surface area contributed by atoms with E-state index in [4.69, 9.17) is 11.6 Å². The number of hydrogen-bond donors (Lipinski definition) is 0. The molecule has 4 rings (SSSR count). The molecule has 150 valence electrons. The first-order valence-corrected chi connectivity index (χ1v) is 11.2.